The van der Waals surface area contributed by atoms with Crippen LogP contribution in [0.5, 0.6) is 0 Å². The Morgan fingerprint density at radius 1 is 0.905 bits per heavy atom. The van der Waals surface area contributed by atoms with Crippen LogP contribution in [0.25, 0.3) is 0 Å². The Kier molecular flexibility index (Phi) is 8.11. The summed E-state index contributed by atoms with van der Waals surface area (Å²) in [7, 11) is -3.76. The number of nitrogens with one attached hydrogen (secondary N) is 1. The molecule has 2 aromatic rings. The third-order valence-electron chi connectivity index (χ3n) is 10.5. The van der Waals surface area contributed by atoms with Crippen LogP contribution in [0.15, 0.2) is 54.6 Å². The molecule has 2 aromatic carbocycles. The molecule has 5 aliphatic rings. The monoisotopic (exact) mass is 591 g/mol. The molecule has 8 heteroatoms. The van der Waals surface area contributed by atoms with Crippen molar-refractivity contribution in [2.45, 2.75) is 95.2 Å². The highest BCUT2D eigenvalue weighted by atomic mass is 32.2. The number of hydrogen-bond donors (Lipinski definition) is 1. The molecule has 0 radical (unpaired) electrons. The van der Waals surface area contributed by atoms with E-state index < -0.39 is 22.0 Å². The number of carbonyl (C=O) groups is 2. The zero-order valence-electron chi connectivity index (χ0n) is 25.0. The first-order valence-electron chi connectivity index (χ1n) is 15.8. The van der Waals surface area contributed by atoms with Gasteiger partial charge < -0.3 is 10.2 Å². The molecule has 0 heterocycles. The Balaban J connectivity index is 1.22. The van der Waals surface area contributed by atoms with Crippen molar-refractivity contribution in [1.29, 1.82) is 0 Å². The van der Waals surface area contributed by atoms with E-state index in [1.807, 2.05) is 42.5 Å². The van der Waals surface area contributed by atoms with Gasteiger partial charge in [0, 0.05) is 12.6 Å². The summed E-state index contributed by atoms with van der Waals surface area (Å²) >= 11 is 0. The number of rotatable bonds is 10. The minimum Gasteiger partial charge on any atom is -0.352 e. The quantitative estimate of drug-likeness (QED) is 0.401. The molecule has 0 spiro atoms. The lowest BCUT2D eigenvalue weighted by Crippen LogP contribution is -2.52. The molecule has 1 unspecified atom stereocenters. The van der Waals surface area contributed by atoms with Gasteiger partial charge in [0.05, 0.1) is 11.9 Å². The first-order valence-corrected chi connectivity index (χ1v) is 17.7. The summed E-state index contributed by atoms with van der Waals surface area (Å²) in [4.78, 5) is 28.7. The number of hydrogen-bond acceptors (Lipinski definition) is 4. The van der Waals surface area contributed by atoms with Crippen molar-refractivity contribution in [3.63, 3.8) is 0 Å². The van der Waals surface area contributed by atoms with E-state index in [0.717, 1.165) is 55.3 Å². The van der Waals surface area contributed by atoms with E-state index in [1.165, 1.54) is 53.3 Å². The van der Waals surface area contributed by atoms with Crippen LogP contribution in [0.4, 0.5) is 5.69 Å². The van der Waals surface area contributed by atoms with Gasteiger partial charge in [0.25, 0.3) is 0 Å². The number of nitrogens with zero attached hydrogens (tertiary/aromatic N) is 2. The van der Waals surface area contributed by atoms with Crippen LogP contribution in [0.1, 0.15) is 82.3 Å². The van der Waals surface area contributed by atoms with Gasteiger partial charge in [-0.3, -0.25) is 13.9 Å². The molecule has 7 nitrogen and oxygen atoms in total. The fraction of sp³-hybridized carbons (Fsp3) is 0.588. The number of carbonyl (C=O) groups excluding carboxylic acids is 2. The van der Waals surface area contributed by atoms with Crippen LogP contribution < -0.4 is 9.62 Å². The molecule has 5 aliphatic carbocycles. The molecular formula is C34H45N3O4S. The summed E-state index contributed by atoms with van der Waals surface area (Å²) in [5, 5.41) is 3.11. The SMILES string of the molecule is CC(C(=O)NC1CCCC1)N(Cc1ccccc1)C(=O)CN(c1ccc(C23CC4CC(CC(C4)C2)C3)cc1)S(C)(=O)=O. The van der Waals surface area contributed by atoms with Crippen molar-refractivity contribution >= 4 is 27.5 Å². The molecule has 4 bridgehead atoms. The minimum absolute atomic E-state index is 0.133. The van der Waals surface area contributed by atoms with E-state index in [4.69, 9.17) is 0 Å². The van der Waals surface area contributed by atoms with Gasteiger partial charge in [-0.25, -0.2) is 8.42 Å². The summed E-state index contributed by atoms with van der Waals surface area (Å²) in [6.07, 6.45) is 13.1. The van der Waals surface area contributed by atoms with Gasteiger partial charge in [0.15, 0.2) is 0 Å². The van der Waals surface area contributed by atoms with Gasteiger partial charge >= 0.3 is 0 Å². The minimum atomic E-state index is -3.76. The van der Waals surface area contributed by atoms with Crippen molar-refractivity contribution in [3.8, 4) is 0 Å². The van der Waals surface area contributed by atoms with E-state index in [9.17, 15) is 18.0 Å². The second kappa shape index (κ2) is 11.7. The highest BCUT2D eigenvalue weighted by Gasteiger charge is 2.51. The van der Waals surface area contributed by atoms with Crippen molar-refractivity contribution < 1.29 is 18.0 Å². The lowest BCUT2D eigenvalue weighted by Gasteiger charge is -2.57. The van der Waals surface area contributed by atoms with Gasteiger partial charge in [-0.1, -0.05) is 55.3 Å². The molecule has 0 aromatic heterocycles. The highest BCUT2D eigenvalue weighted by Crippen LogP contribution is 2.60. The van der Waals surface area contributed by atoms with Crippen LogP contribution in [0.3, 0.4) is 0 Å². The molecule has 1 atom stereocenters. The Bertz CT molecular complexity index is 1350. The average Bonchev–Trinajstić information content (AvgIpc) is 3.46. The molecule has 2 amide bonds. The largest absolute Gasteiger partial charge is 0.352 e. The van der Waals surface area contributed by atoms with Crippen LogP contribution in [-0.2, 0) is 31.6 Å². The Morgan fingerprint density at radius 3 is 2.02 bits per heavy atom. The lowest BCUT2D eigenvalue weighted by molar-refractivity contribution is -0.139. The number of sulfonamides is 1. The Morgan fingerprint density at radius 2 is 1.48 bits per heavy atom. The van der Waals surface area contributed by atoms with Gasteiger partial charge in [0.1, 0.15) is 12.6 Å². The predicted molar refractivity (Wildman–Crippen MR) is 165 cm³/mol. The summed E-state index contributed by atoms with van der Waals surface area (Å²) in [6.45, 7) is 1.60. The fourth-order valence-corrected chi connectivity index (χ4v) is 9.66. The highest BCUT2D eigenvalue weighted by molar-refractivity contribution is 7.92. The molecule has 42 heavy (non-hydrogen) atoms. The van der Waals surface area contributed by atoms with Crippen LogP contribution in [-0.4, -0.2) is 50.0 Å². The maximum atomic E-state index is 13.9. The summed E-state index contributed by atoms with van der Waals surface area (Å²) in [5.41, 5.74) is 2.90. The van der Waals surface area contributed by atoms with Crippen LogP contribution in [0.2, 0.25) is 0 Å². The normalized spacial score (nSPS) is 27.5. The van der Waals surface area contributed by atoms with Crippen molar-refractivity contribution in [2.24, 2.45) is 17.8 Å². The first kappa shape index (κ1) is 29.2. The van der Waals surface area contributed by atoms with E-state index in [2.05, 4.69) is 17.4 Å². The van der Waals surface area contributed by atoms with E-state index in [0.29, 0.717) is 5.69 Å². The molecule has 1 N–H and O–H groups in total. The molecule has 226 valence electrons. The average molecular weight is 592 g/mol. The standard InChI is InChI=1S/C34H45N3O4S/c1-24(33(39)35-30-10-6-7-11-30)36(22-25-8-4-3-5-9-25)32(38)23-37(42(2,40)41)31-14-12-29(13-15-31)34-19-26-16-27(20-34)18-28(17-26)21-34/h3-5,8-9,12-15,24,26-28,30H,6-7,10-11,16-23H2,1-2H3,(H,35,39). The topological polar surface area (TPSA) is 86.8 Å². The van der Waals surface area contributed by atoms with Crippen molar-refractivity contribution in [1.82, 2.24) is 10.2 Å². The molecule has 5 fully saturated rings. The second-order valence-electron chi connectivity index (χ2n) is 13.7. The Labute approximate surface area is 251 Å². The van der Waals surface area contributed by atoms with Gasteiger partial charge in [0.2, 0.25) is 21.8 Å². The van der Waals surface area contributed by atoms with Crippen molar-refractivity contribution in [2.75, 3.05) is 17.1 Å². The first-order chi connectivity index (χ1) is 20.1. The van der Waals surface area contributed by atoms with Gasteiger partial charge in [-0.2, -0.15) is 0 Å². The zero-order chi connectivity index (χ0) is 29.5. The predicted octanol–water partition coefficient (Wildman–Crippen LogP) is 5.40. The fourth-order valence-electron chi connectivity index (χ4n) is 8.81. The van der Waals surface area contributed by atoms with Crippen molar-refractivity contribution in [3.05, 3.63) is 65.7 Å². The molecule has 5 saturated carbocycles. The van der Waals surface area contributed by atoms with Crippen LogP contribution in [0, 0.1) is 17.8 Å². The number of benzene rings is 2. The Hall–Kier alpha value is -2.87. The maximum Gasteiger partial charge on any atom is 0.244 e. The molecule has 0 aliphatic heterocycles. The molecule has 7 rings (SSSR count). The van der Waals surface area contributed by atoms with Gasteiger partial charge in [-0.15, -0.1) is 0 Å². The van der Waals surface area contributed by atoms with Crippen LogP contribution >= 0.6 is 0 Å². The molecule has 0 saturated heterocycles. The maximum absolute atomic E-state index is 13.9. The number of amides is 2. The summed E-state index contributed by atoms with van der Waals surface area (Å²) < 4.78 is 27.3. The summed E-state index contributed by atoms with van der Waals surface area (Å²) in [5.74, 6) is 1.87. The third-order valence-corrected chi connectivity index (χ3v) is 11.7. The van der Waals surface area contributed by atoms with Gasteiger partial charge in [-0.05, 0) is 105 Å². The van der Waals surface area contributed by atoms with E-state index in [-0.39, 0.29) is 30.5 Å². The van der Waals surface area contributed by atoms with E-state index >= 15 is 0 Å². The zero-order valence-corrected chi connectivity index (χ0v) is 25.8. The molecular weight excluding hydrogens is 546 g/mol. The lowest BCUT2D eigenvalue weighted by atomic mass is 9.48. The second-order valence-corrected chi connectivity index (χ2v) is 15.6. The summed E-state index contributed by atoms with van der Waals surface area (Å²) in [6, 6.07) is 16.9. The number of anilines is 1. The van der Waals surface area contributed by atoms with E-state index in [1.54, 1.807) is 6.92 Å². The third kappa shape index (κ3) is 6.10. The smallest absolute Gasteiger partial charge is 0.244 e.